The highest BCUT2D eigenvalue weighted by Crippen LogP contribution is 2.34. The van der Waals surface area contributed by atoms with Gasteiger partial charge in [-0.05, 0) is 25.3 Å². The molecule has 15 heavy (non-hydrogen) atoms. The molecule has 2 rings (SSSR count). The number of rotatable bonds is 4. The lowest BCUT2D eigenvalue weighted by molar-refractivity contribution is 0.313. The molecule has 0 amide bonds. The van der Waals surface area contributed by atoms with Gasteiger partial charge in [-0.25, -0.2) is 0 Å². The molecule has 1 heteroatoms. The fraction of sp³-hybridized carbons (Fsp3) is 0.429. The Balaban J connectivity index is 2.17. The maximum atomic E-state index is 5.76. The summed E-state index contributed by atoms with van der Waals surface area (Å²) in [6.45, 7) is 2.95. The molecule has 1 aliphatic rings. The van der Waals surface area contributed by atoms with Crippen molar-refractivity contribution < 1.29 is 4.74 Å². The maximum Gasteiger partial charge on any atom is 0.123 e. The van der Waals surface area contributed by atoms with Crippen LogP contribution in [0.2, 0.25) is 0 Å². The van der Waals surface area contributed by atoms with E-state index in [1.165, 1.54) is 18.4 Å². The van der Waals surface area contributed by atoms with Crippen molar-refractivity contribution in [2.45, 2.75) is 32.1 Å². The number of ether oxygens (including phenoxy) is 1. The van der Waals surface area contributed by atoms with Crippen LogP contribution >= 0.6 is 0 Å². The van der Waals surface area contributed by atoms with E-state index in [9.17, 15) is 0 Å². The van der Waals surface area contributed by atoms with Gasteiger partial charge in [0.15, 0.2) is 0 Å². The minimum Gasteiger partial charge on any atom is -0.493 e. The highest BCUT2D eigenvalue weighted by atomic mass is 16.5. The van der Waals surface area contributed by atoms with Crippen LogP contribution < -0.4 is 4.74 Å². The van der Waals surface area contributed by atoms with E-state index in [0.717, 1.165) is 18.8 Å². The van der Waals surface area contributed by atoms with Gasteiger partial charge in [0, 0.05) is 11.5 Å². The monoisotopic (exact) mass is 202 g/mol. The van der Waals surface area contributed by atoms with Gasteiger partial charge in [0.25, 0.3) is 0 Å². The zero-order chi connectivity index (χ0) is 10.5. The van der Waals surface area contributed by atoms with Crippen LogP contribution in [0.4, 0.5) is 0 Å². The second-order valence-corrected chi connectivity index (χ2v) is 4.00. The van der Waals surface area contributed by atoms with E-state index >= 15 is 0 Å². The van der Waals surface area contributed by atoms with Gasteiger partial charge in [-0.3, -0.25) is 0 Å². The first kappa shape index (κ1) is 10.3. The first-order valence-corrected chi connectivity index (χ1v) is 5.80. The van der Waals surface area contributed by atoms with E-state index in [4.69, 9.17) is 4.74 Å². The summed E-state index contributed by atoms with van der Waals surface area (Å²) in [5.74, 6) is 1.63. The lowest BCUT2D eigenvalue weighted by atomic mass is 9.98. The highest BCUT2D eigenvalue weighted by Gasteiger charge is 2.15. The van der Waals surface area contributed by atoms with Gasteiger partial charge in [0.1, 0.15) is 5.75 Å². The van der Waals surface area contributed by atoms with Gasteiger partial charge in [0.2, 0.25) is 0 Å². The molecule has 0 heterocycles. The Morgan fingerprint density at radius 3 is 2.93 bits per heavy atom. The third-order valence-electron chi connectivity index (χ3n) is 2.79. The van der Waals surface area contributed by atoms with Crippen molar-refractivity contribution in [3.63, 3.8) is 0 Å². The molecule has 1 aliphatic carbocycles. The molecule has 0 aliphatic heterocycles. The topological polar surface area (TPSA) is 9.23 Å². The Morgan fingerprint density at radius 1 is 1.33 bits per heavy atom. The summed E-state index contributed by atoms with van der Waals surface area (Å²) in [6.07, 6.45) is 8.06. The van der Waals surface area contributed by atoms with Crippen molar-refractivity contribution in [3.8, 4) is 5.75 Å². The lowest BCUT2D eigenvalue weighted by Gasteiger charge is -2.14. The molecule has 1 nitrogen and oxygen atoms in total. The molecule has 0 saturated heterocycles. The van der Waals surface area contributed by atoms with Crippen LogP contribution in [0.15, 0.2) is 36.4 Å². The van der Waals surface area contributed by atoms with Crippen molar-refractivity contribution in [2.75, 3.05) is 6.61 Å². The van der Waals surface area contributed by atoms with E-state index in [1.54, 1.807) is 0 Å². The average Bonchev–Trinajstić information content (AvgIpc) is 2.80. The normalized spacial score (nSPS) is 19.4. The number of hydrogen-bond donors (Lipinski definition) is 0. The fourth-order valence-electron chi connectivity index (χ4n) is 2.02. The summed E-state index contributed by atoms with van der Waals surface area (Å²) in [7, 11) is 0. The predicted octanol–water partition coefficient (Wildman–Crippen LogP) is 3.91. The molecule has 0 spiro atoms. The van der Waals surface area contributed by atoms with Crippen LogP contribution in [-0.2, 0) is 0 Å². The third-order valence-corrected chi connectivity index (χ3v) is 2.79. The molecular weight excluding hydrogens is 184 g/mol. The van der Waals surface area contributed by atoms with Crippen molar-refractivity contribution >= 4 is 0 Å². The number of para-hydroxylation sites is 1. The zero-order valence-corrected chi connectivity index (χ0v) is 9.28. The summed E-state index contributed by atoms with van der Waals surface area (Å²) in [5, 5.41) is 0. The second-order valence-electron chi connectivity index (χ2n) is 4.00. The minimum atomic E-state index is 0.568. The quantitative estimate of drug-likeness (QED) is 0.673. The minimum absolute atomic E-state index is 0.568. The van der Waals surface area contributed by atoms with Gasteiger partial charge in [0.05, 0.1) is 6.61 Å². The van der Waals surface area contributed by atoms with Crippen LogP contribution in [0.3, 0.4) is 0 Å². The molecule has 1 atom stereocenters. The molecule has 0 saturated carbocycles. The average molecular weight is 202 g/mol. The molecule has 0 N–H and O–H groups in total. The highest BCUT2D eigenvalue weighted by molar-refractivity contribution is 5.39. The van der Waals surface area contributed by atoms with Crippen molar-refractivity contribution in [1.82, 2.24) is 0 Å². The Bertz CT molecular complexity index is 341. The molecule has 80 valence electrons. The molecule has 0 radical (unpaired) electrons. The summed E-state index contributed by atoms with van der Waals surface area (Å²) in [4.78, 5) is 0. The van der Waals surface area contributed by atoms with Gasteiger partial charge in [-0.1, -0.05) is 37.3 Å². The van der Waals surface area contributed by atoms with Gasteiger partial charge in [-0.2, -0.15) is 0 Å². The fourth-order valence-corrected chi connectivity index (χ4v) is 2.02. The first-order chi connectivity index (χ1) is 7.42. The molecule has 1 aromatic carbocycles. The van der Waals surface area contributed by atoms with E-state index in [0.29, 0.717) is 5.92 Å². The largest absolute Gasteiger partial charge is 0.493 e. The summed E-state index contributed by atoms with van der Waals surface area (Å²) in [5.41, 5.74) is 1.35. The van der Waals surface area contributed by atoms with Crippen molar-refractivity contribution in [3.05, 3.63) is 42.0 Å². The van der Waals surface area contributed by atoms with Crippen molar-refractivity contribution in [1.29, 1.82) is 0 Å². The third kappa shape index (κ3) is 2.41. The van der Waals surface area contributed by atoms with Crippen LogP contribution in [0.5, 0.6) is 5.75 Å². The Hall–Kier alpha value is -1.24. The van der Waals surface area contributed by atoms with Crippen LogP contribution in [0.25, 0.3) is 0 Å². The molecule has 0 fully saturated rings. The van der Waals surface area contributed by atoms with Crippen LogP contribution in [0, 0.1) is 0 Å². The smallest absolute Gasteiger partial charge is 0.123 e. The molecule has 0 aromatic heterocycles. The maximum absolute atomic E-state index is 5.76. The van der Waals surface area contributed by atoms with Gasteiger partial charge < -0.3 is 4.74 Å². The Labute approximate surface area is 91.8 Å². The zero-order valence-electron chi connectivity index (χ0n) is 9.28. The summed E-state index contributed by atoms with van der Waals surface area (Å²) < 4.78 is 5.76. The molecular formula is C14H18O. The van der Waals surface area contributed by atoms with E-state index < -0.39 is 0 Å². The SMILES string of the molecule is CCCOc1ccccc1C1C=CCC1. The molecule has 1 aromatic rings. The number of hydrogen-bond acceptors (Lipinski definition) is 1. The lowest BCUT2D eigenvalue weighted by Crippen LogP contribution is -2.00. The van der Waals surface area contributed by atoms with E-state index in [2.05, 4.69) is 37.3 Å². The van der Waals surface area contributed by atoms with Crippen molar-refractivity contribution in [2.24, 2.45) is 0 Å². The van der Waals surface area contributed by atoms with Crippen LogP contribution in [0.1, 0.15) is 37.7 Å². The van der Waals surface area contributed by atoms with Crippen LogP contribution in [-0.4, -0.2) is 6.61 Å². The second kappa shape index (κ2) is 5.01. The Kier molecular flexibility index (Phi) is 3.44. The van der Waals surface area contributed by atoms with E-state index in [-0.39, 0.29) is 0 Å². The Morgan fingerprint density at radius 2 is 2.20 bits per heavy atom. The predicted molar refractivity (Wildman–Crippen MR) is 63.3 cm³/mol. The van der Waals surface area contributed by atoms with Gasteiger partial charge in [-0.15, -0.1) is 0 Å². The molecule has 0 bridgehead atoms. The number of allylic oxidation sites excluding steroid dienone is 2. The number of benzene rings is 1. The summed E-state index contributed by atoms with van der Waals surface area (Å²) in [6, 6.07) is 8.41. The molecule has 1 unspecified atom stereocenters. The standard InChI is InChI=1S/C14H18O/c1-2-11-15-14-10-6-5-9-13(14)12-7-3-4-8-12/h3,5-7,9-10,12H,2,4,8,11H2,1H3. The summed E-state index contributed by atoms with van der Waals surface area (Å²) >= 11 is 0. The first-order valence-electron chi connectivity index (χ1n) is 5.80. The van der Waals surface area contributed by atoms with E-state index in [1.807, 2.05) is 6.07 Å². The van der Waals surface area contributed by atoms with Gasteiger partial charge >= 0.3 is 0 Å².